The summed E-state index contributed by atoms with van der Waals surface area (Å²) in [5.41, 5.74) is 0.912. The first-order valence-corrected chi connectivity index (χ1v) is 10.5. The number of likely N-dealkylation sites (N-methyl/N-ethyl adjacent to an activating group) is 1. The Labute approximate surface area is 167 Å². The number of halogens is 1. The monoisotopic (exact) mass is 409 g/mol. The number of fused-ring (bicyclic) bond motifs is 1. The van der Waals surface area contributed by atoms with Gasteiger partial charge in [-0.25, -0.2) is 4.98 Å². The number of thiophene rings is 1. The lowest BCUT2D eigenvalue weighted by Gasteiger charge is -2.35. The van der Waals surface area contributed by atoms with Crippen molar-refractivity contribution in [2.75, 3.05) is 51.3 Å². The van der Waals surface area contributed by atoms with Gasteiger partial charge in [-0.1, -0.05) is 0 Å². The number of hydrogen-bond acceptors (Lipinski definition) is 7. The van der Waals surface area contributed by atoms with Gasteiger partial charge in [0.1, 0.15) is 0 Å². The third-order valence-electron chi connectivity index (χ3n) is 5.29. The minimum absolute atomic E-state index is 0.291. The second kappa shape index (κ2) is 8.26. The smallest absolute Gasteiger partial charge is 0.224 e. The van der Waals surface area contributed by atoms with Crippen LogP contribution >= 0.6 is 22.9 Å². The lowest BCUT2D eigenvalue weighted by molar-refractivity contribution is -0.119. The maximum absolute atomic E-state index is 11.1. The quantitative estimate of drug-likeness (QED) is 0.557. The molecule has 2 saturated heterocycles. The van der Waals surface area contributed by atoms with Crippen LogP contribution in [0.5, 0.6) is 0 Å². The van der Waals surface area contributed by atoms with Crippen LogP contribution in [0.4, 0.5) is 5.82 Å². The Kier molecular flexibility index (Phi) is 5.77. The van der Waals surface area contributed by atoms with Crippen LogP contribution in [-0.4, -0.2) is 78.7 Å². The molecule has 27 heavy (non-hydrogen) atoms. The maximum atomic E-state index is 11.1. The number of carbonyl (C=O) groups excluding carboxylic acids is 1. The molecule has 4 heterocycles. The van der Waals surface area contributed by atoms with Crippen molar-refractivity contribution >= 4 is 45.4 Å². The summed E-state index contributed by atoms with van der Waals surface area (Å²) in [6.07, 6.45) is 3.11. The van der Waals surface area contributed by atoms with E-state index in [9.17, 15) is 4.79 Å². The van der Waals surface area contributed by atoms with Gasteiger partial charge in [0.15, 0.2) is 5.82 Å². The highest BCUT2D eigenvalue weighted by Crippen LogP contribution is 2.34. The minimum atomic E-state index is 0.291. The van der Waals surface area contributed by atoms with Crippen molar-refractivity contribution in [3.05, 3.63) is 16.2 Å². The summed E-state index contributed by atoms with van der Waals surface area (Å²) in [6.45, 7) is 5.89. The van der Waals surface area contributed by atoms with Crippen molar-refractivity contribution in [2.45, 2.75) is 25.4 Å². The molecule has 146 valence electrons. The highest BCUT2D eigenvalue weighted by Gasteiger charge is 2.24. The number of amides is 1. The molecule has 2 aromatic heterocycles. The average molecular weight is 410 g/mol. The number of carbonyl (C=O) groups is 1. The summed E-state index contributed by atoms with van der Waals surface area (Å²) < 4.78 is 6.55. The number of likely N-dealkylation sites (tertiary alicyclic amines) is 1. The van der Waals surface area contributed by atoms with Crippen molar-refractivity contribution < 1.29 is 9.53 Å². The number of ether oxygens (including phenoxy) is 1. The first-order chi connectivity index (χ1) is 13.1. The summed E-state index contributed by atoms with van der Waals surface area (Å²) in [5.74, 6) is 0.918. The van der Waals surface area contributed by atoms with Gasteiger partial charge in [-0.3, -0.25) is 9.69 Å². The van der Waals surface area contributed by atoms with Gasteiger partial charge in [0.05, 0.1) is 23.4 Å². The summed E-state index contributed by atoms with van der Waals surface area (Å²) in [7, 11) is 1.87. The Balaban J connectivity index is 1.55. The van der Waals surface area contributed by atoms with Crippen LogP contribution in [-0.2, 0) is 16.1 Å². The second-order valence-electron chi connectivity index (χ2n) is 7.14. The van der Waals surface area contributed by atoms with Gasteiger partial charge in [-0.2, -0.15) is 4.98 Å². The van der Waals surface area contributed by atoms with E-state index >= 15 is 0 Å². The topological polar surface area (TPSA) is 61.8 Å². The number of piperidine rings is 1. The van der Waals surface area contributed by atoms with Gasteiger partial charge in [-0.05, 0) is 37.1 Å². The Hall–Kier alpha value is -1.48. The van der Waals surface area contributed by atoms with E-state index in [1.165, 1.54) is 4.88 Å². The van der Waals surface area contributed by atoms with Crippen molar-refractivity contribution in [3.8, 4) is 0 Å². The zero-order valence-electron chi connectivity index (χ0n) is 15.4. The van der Waals surface area contributed by atoms with Gasteiger partial charge in [0.2, 0.25) is 11.7 Å². The highest BCUT2D eigenvalue weighted by atomic mass is 35.5. The van der Waals surface area contributed by atoms with Crippen LogP contribution in [0.1, 0.15) is 17.7 Å². The molecule has 7 nitrogen and oxygen atoms in total. The summed E-state index contributed by atoms with van der Waals surface area (Å²) in [6, 6.07) is 2.42. The predicted molar refractivity (Wildman–Crippen MR) is 108 cm³/mol. The lowest BCUT2D eigenvalue weighted by atomic mass is 10.0. The average Bonchev–Trinajstić information content (AvgIpc) is 3.09. The standard InChI is InChI=1S/C18H24ClN5O2S/c1-22(12-25)13-3-2-4-23(10-13)11-14-9-15-16(27-14)17(21-18(19)20-15)24-5-7-26-8-6-24/h9,12-13H,2-8,10-11H2,1H3. The van der Waals surface area contributed by atoms with E-state index < -0.39 is 0 Å². The first kappa shape index (κ1) is 18.9. The molecule has 0 spiro atoms. The van der Waals surface area contributed by atoms with E-state index in [0.717, 1.165) is 68.0 Å². The fourth-order valence-electron chi connectivity index (χ4n) is 3.82. The number of nitrogens with zero attached hydrogens (tertiary/aromatic N) is 5. The fraction of sp³-hybridized carbons (Fsp3) is 0.611. The first-order valence-electron chi connectivity index (χ1n) is 9.32. The van der Waals surface area contributed by atoms with Gasteiger partial charge < -0.3 is 14.5 Å². The molecule has 2 aliphatic heterocycles. The SMILES string of the molecule is CN(C=O)C1CCCN(Cc2cc3nc(Cl)nc(N4CCOCC4)c3s2)C1. The summed E-state index contributed by atoms with van der Waals surface area (Å²) in [5, 5.41) is 0.291. The summed E-state index contributed by atoms with van der Waals surface area (Å²) >= 11 is 7.93. The van der Waals surface area contributed by atoms with E-state index in [1.807, 2.05) is 7.05 Å². The lowest BCUT2D eigenvalue weighted by Crippen LogP contribution is -2.45. The van der Waals surface area contributed by atoms with Gasteiger partial charge in [-0.15, -0.1) is 11.3 Å². The molecule has 0 radical (unpaired) electrons. The second-order valence-corrected chi connectivity index (χ2v) is 8.62. The number of morpholine rings is 1. The molecule has 4 rings (SSSR count). The van der Waals surface area contributed by atoms with E-state index in [2.05, 4.69) is 25.8 Å². The third-order valence-corrected chi connectivity index (χ3v) is 6.56. The molecule has 0 aliphatic carbocycles. The van der Waals surface area contributed by atoms with Crippen molar-refractivity contribution in [1.29, 1.82) is 0 Å². The van der Waals surface area contributed by atoms with Crippen molar-refractivity contribution in [3.63, 3.8) is 0 Å². The molecule has 0 aromatic carbocycles. The number of anilines is 1. The van der Waals surface area contributed by atoms with E-state index in [4.69, 9.17) is 16.3 Å². The maximum Gasteiger partial charge on any atom is 0.224 e. The fourth-order valence-corrected chi connectivity index (χ4v) is 5.14. The molecule has 2 fully saturated rings. The van der Waals surface area contributed by atoms with Gasteiger partial charge in [0.25, 0.3) is 0 Å². The summed E-state index contributed by atoms with van der Waals surface area (Å²) in [4.78, 5) is 27.7. The molecule has 0 N–H and O–H groups in total. The molecule has 0 saturated carbocycles. The Bertz CT molecular complexity index is 810. The molecule has 9 heteroatoms. The van der Waals surface area contributed by atoms with Gasteiger partial charge in [0, 0.05) is 44.1 Å². The molecule has 1 unspecified atom stereocenters. The third kappa shape index (κ3) is 4.18. The molecule has 0 bridgehead atoms. The zero-order chi connectivity index (χ0) is 18.8. The van der Waals surface area contributed by atoms with Crippen LogP contribution in [0, 0.1) is 0 Å². The highest BCUT2D eigenvalue weighted by molar-refractivity contribution is 7.19. The number of aromatic nitrogens is 2. The number of rotatable bonds is 5. The van der Waals surface area contributed by atoms with Crippen LogP contribution in [0.3, 0.4) is 0 Å². The largest absolute Gasteiger partial charge is 0.378 e. The normalized spacial score (nSPS) is 21.6. The molecule has 1 atom stereocenters. The van der Waals surface area contributed by atoms with Gasteiger partial charge >= 0.3 is 0 Å². The molecular formula is C18H24ClN5O2S. The molecule has 1 amide bonds. The van der Waals surface area contributed by atoms with Crippen LogP contribution in [0.25, 0.3) is 10.2 Å². The van der Waals surface area contributed by atoms with Crippen LogP contribution < -0.4 is 4.90 Å². The molecule has 2 aromatic rings. The van der Waals surface area contributed by atoms with Crippen molar-refractivity contribution in [2.24, 2.45) is 0 Å². The van der Waals surface area contributed by atoms with Crippen molar-refractivity contribution in [1.82, 2.24) is 19.8 Å². The van der Waals surface area contributed by atoms with E-state index in [-0.39, 0.29) is 0 Å². The number of hydrogen-bond donors (Lipinski definition) is 0. The van der Waals surface area contributed by atoms with Crippen LogP contribution in [0.15, 0.2) is 6.07 Å². The van der Waals surface area contributed by atoms with E-state index in [0.29, 0.717) is 24.5 Å². The Morgan fingerprint density at radius 1 is 1.37 bits per heavy atom. The zero-order valence-corrected chi connectivity index (χ0v) is 17.0. The Morgan fingerprint density at radius 3 is 2.96 bits per heavy atom. The van der Waals surface area contributed by atoms with Crippen LogP contribution in [0.2, 0.25) is 5.28 Å². The minimum Gasteiger partial charge on any atom is -0.378 e. The van der Waals surface area contributed by atoms with E-state index in [1.54, 1.807) is 16.2 Å². The molecular weight excluding hydrogens is 386 g/mol. The Morgan fingerprint density at radius 2 is 2.19 bits per heavy atom. The molecule has 2 aliphatic rings. The predicted octanol–water partition coefficient (Wildman–Crippen LogP) is 2.23.